The van der Waals surface area contributed by atoms with Crippen molar-refractivity contribution >= 4 is 34.2 Å². The van der Waals surface area contributed by atoms with Crippen molar-refractivity contribution in [2.45, 2.75) is 6.92 Å². The van der Waals surface area contributed by atoms with Gasteiger partial charge in [0.1, 0.15) is 0 Å². The molecule has 0 radical (unpaired) electrons. The standard InChI is InChI=1S/C18H13ClN4O2/c1-10-5-6-11(19)7-14(10)22-18(24)15-8-16(25-23-15)12-3-2-4-13-17(12)21-9-20-13/h2-9H,1H3,(H,20,21)(H,22,24). The number of halogens is 1. The van der Waals surface area contributed by atoms with Gasteiger partial charge in [0.05, 0.1) is 17.4 Å². The lowest BCUT2D eigenvalue weighted by Crippen LogP contribution is -2.13. The van der Waals surface area contributed by atoms with E-state index in [1.54, 1.807) is 24.5 Å². The number of benzene rings is 2. The molecule has 4 aromatic rings. The molecule has 6 nitrogen and oxygen atoms in total. The second-order valence-electron chi connectivity index (χ2n) is 5.59. The summed E-state index contributed by atoms with van der Waals surface area (Å²) < 4.78 is 5.35. The fourth-order valence-corrected chi connectivity index (χ4v) is 2.76. The van der Waals surface area contributed by atoms with Crippen LogP contribution in [0.1, 0.15) is 16.1 Å². The first-order valence-corrected chi connectivity index (χ1v) is 7.96. The lowest BCUT2D eigenvalue weighted by Gasteiger charge is -2.06. The SMILES string of the molecule is Cc1ccc(Cl)cc1NC(=O)c1cc(-c2cccc3[nH]cnc23)on1. The number of anilines is 1. The minimum absolute atomic E-state index is 0.182. The topological polar surface area (TPSA) is 83.8 Å². The Labute approximate surface area is 147 Å². The van der Waals surface area contributed by atoms with Crippen LogP contribution in [0.15, 0.2) is 53.3 Å². The van der Waals surface area contributed by atoms with Crippen molar-refractivity contribution in [3.63, 3.8) is 0 Å². The van der Waals surface area contributed by atoms with E-state index >= 15 is 0 Å². The molecule has 0 atom stereocenters. The van der Waals surface area contributed by atoms with E-state index in [1.165, 1.54) is 0 Å². The van der Waals surface area contributed by atoms with Crippen molar-refractivity contribution in [1.82, 2.24) is 15.1 Å². The maximum Gasteiger partial charge on any atom is 0.277 e. The van der Waals surface area contributed by atoms with E-state index in [1.807, 2.05) is 31.2 Å². The van der Waals surface area contributed by atoms with Gasteiger partial charge in [0, 0.05) is 22.3 Å². The summed E-state index contributed by atoms with van der Waals surface area (Å²) in [6, 6.07) is 12.6. The van der Waals surface area contributed by atoms with E-state index < -0.39 is 0 Å². The molecule has 2 heterocycles. The van der Waals surface area contributed by atoms with Gasteiger partial charge in [0.25, 0.3) is 5.91 Å². The van der Waals surface area contributed by atoms with E-state index in [4.69, 9.17) is 16.1 Å². The predicted molar refractivity (Wildman–Crippen MR) is 95.7 cm³/mol. The van der Waals surface area contributed by atoms with E-state index in [0.29, 0.717) is 16.5 Å². The van der Waals surface area contributed by atoms with Crippen LogP contribution in [-0.4, -0.2) is 21.0 Å². The average Bonchev–Trinajstić information content (AvgIpc) is 3.26. The molecule has 0 aliphatic carbocycles. The summed E-state index contributed by atoms with van der Waals surface area (Å²) >= 11 is 5.98. The van der Waals surface area contributed by atoms with Crippen LogP contribution in [-0.2, 0) is 0 Å². The number of carbonyl (C=O) groups excluding carboxylic acids is 1. The Morgan fingerprint density at radius 3 is 3.00 bits per heavy atom. The lowest BCUT2D eigenvalue weighted by atomic mass is 10.1. The number of carbonyl (C=O) groups is 1. The van der Waals surface area contributed by atoms with Crippen molar-refractivity contribution < 1.29 is 9.32 Å². The molecule has 7 heteroatoms. The van der Waals surface area contributed by atoms with Crippen molar-refractivity contribution in [2.24, 2.45) is 0 Å². The molecule has 2 aromatic carbocycles. The number of nitrogens with one attached hydrogen (secondary N) is 2. The minimum atomic E-state index is -0.366. The predicted octanol–water partition coefficient (Wildman–Crippen LogP) is 4.43. The second-order valence-corrected chi connectivity index (χ2v) is 6.03. The highest BCUT2D eigenvalue weighted by molar-refractivity contribution is 6.31. The fourth-order valence-electron chi connectivity index (χ4n) is 2.59. The molecule has 0 aliphatic heterocycles. The van der Waals surface area contributed by atoms with Crippen molar-refractivity contribution in [3.8, 4) is 11.3 Å². The number of aromatic nitrogens is 3. The Morgan fingerprint density at radius 1 is 1.24 bits per heavy atom. The summed E-state index contributed by atoms with van der Waals surface area (Å²) in [6.07, 6.45) is 1.61. The number of hydrogen-bond acceptors (Lipinski definition) is 4. The van der Waals surface area contributed by atoms with Crippen molar-refractivity contribution in [2.75, 3.05) is 5.32 Å². The summed E-state index contributed by atoms with van der Waals surface area (Å²) in [5.41, 5.74) is 4.14. The molecule has 124 valence electrons. The summed E-state index contributed by atoms with van der Waals surface area (Å²) in [7, 11) is 0. The number of aromatic amines is 1. The van der Waals surface area contributed by atoms with Crippen LogP contribution >= 0.6 is 11.6 Å². The third-order valence-electron chi connectivity index (χ3n) is 3.91. The van der Waals surface area contributed by atoms with Crippen LogP contribution in [0, 0.1) is 6.92 Å². The highest BCUT2D eigenvalue weighted by Crippen LogP contribution is 2.27. The zero-order valence-corrected chi connectivity index (χ0v) is 14.0. The van der Waals surface area contributed by atoms with Gasteiger partial charge in [-0.3, -0.25) is 4.79 Å². The largest absolute Gasteiger partial charge is 0.355 e. The fraction of sp³-hybridized carbons (Fsp3) is 0.0556. The van der Waals surface area contributed by atoms with Crippen LogP contribution in [0.25, 0.3) is 22.4 Å². The van der Waals surface area contributed by atoms with Gasteiger partial charge < -0.3 is 14.8 Å². The molecular weight excluding hydrogens is 340 g/mol. The number of imidazole rings is 1. The van der Waals surface area contributed by atoms with E-state index in [9.17, 15) is 4.79 Å². The molecule has 25 heavy (non-hydrogen) atoms. The van der Waals surface area contributed by atoms with Crippen LogP contribution in [0.4, 0.5) is 5.69 Å². The lowest BCUT2D eigenvalue weighted by molar-refractivity contribution is 0.101. The Morgan fingerprint density at radius 2 is 2.12 bits per heavy atom. The van der Waals surface area contributed by atoms with Gasteiger partial charge in [-0.1, -0.05) is 28.9 Å². The summed E-state index contributed by atoms with van der Waals surface area (Å²) in [6.45, 7) is 1.89. The van der Waals surface area contributed by atoms with E-state index in [-0.39, 0.29) is 11.6 Å². The third-order valence-corrected chi connectivity index (χ3v) is 4.14. The number of amides is 1. The summed E-state index contributed by atoms with van der Waals surface area (Å²) in [5.74, 6) is 0.111. The van der Waals surface area contributed by atoms with Crippen molar-refractivity contribution in [1.29, 1.82) is 0 Å². The zero-order valence-electron chi connectivity index (χ0n) is 13.2. The summed E-state index contributed by atoms with van der Waals surface area (Å²) in [5, 5.41) is 7.22. The maximum atomic E-state index is 12.4. The van der Waals surface area contributed by atoms with Gasteiger partial charge in [-0.05, 0) is 36.8 Å². The Balaban J connectivity index is 1.64. The molecule has 0 aliphatic rings. The van der Waals surface area contributed by atoms with Crippen molar-refractivity contribution in [3.05, 3.63) is 65.1 Å². The van der Waals surface area contributed by atoms with Gasteiger partial charge in [0.2, 0.25) is 0 Å². The van der Waals surface area contributed by atoms with Crippen LogP contribution in [0.5, 0.6) is 0 Å². The van der Waals surface area contributed by atoms with Crippen LogP contribution < -0.4 is 5.32 Å². The number of hydrogen-bond donors (Lipinski definition) is 2. The van der Waals surface area contributed by atoms with Gasteiger partial charge in [-0.15, -0.1) is 0 Å². The molecule has 0 spiro atoms. The van der Waals surface area contributed by atoms with Gasteiger partial charge in [-0.2, -0.15) is 0 Å². The Hall–Kier alpha value is -3.12. The quantitative estimate of drug-likeness (QED) is 0.571. The molecule has 0 saturated heterocycles. The van der Waals surface area contributed by atoms with Gasteiger partial charge in [-0.25, -0.2) is 4.98 Å². The molecule has 0 unspecified atom stereocenters. The second kappa shape index (κ2) is 6.07. The summed E-state index contributed by atoms with van der Waals surface area (Å²) in [4.78, 5) is 19.8. The molecule has 0 fully saturated rings. The first kappa shape index (κ1) is 15.4. The number of aryl methyl sites for hydroxylation is 1. The first-order valence-electron chi connectivity index (χ1n) is 7.58. The molecule has 1 amide bonds. The first-order chi connectivity index (χ1) is 12.1. The minimum Gasteiger partial charge on any atom is -0.355 e. The highest BCUT2D eigenvalue weighted by atomic mass is 35.5. The Bertz CT molecular complexity index is 1080. The highest BCUT2D eigenvalue weighted by Gasteiger charge is 2.17. The van der Waals surface area contributed by atoms with Crippen LogP contribution in [0.2, 0.25) is 5.02 Å². The molecule has 0 bridgehead atoms. The normalized spacial score (nSPS) is 11.0. The number of fused-ring (bicyclic) bond motifs is 1. The molecule has 0 saturated carbocycles. The molecule has 2 N–H and O–H groups in total. The number of para-hydroxylation sites is 1. The van der Waals surface area contributed by atoms with E-state index in [0.717, 1.165) is 22.2 Å². The number of H-pyrrole nitrogens is 1. The molecule has 2 aromatic heterocycles. The monoisotopic (exact) mass is 352 g/mol. The molecular formula is C18H13ClN4O2. The number of nitrogens with zero attached hydrogens (tertiary/aromatic N) is 2. The average molecular weight is 353 g/mol. The molecule has 4 rings (SSSR count). The third kappa shape index (κ3) is 2.88. The van der Waals surface area contributed by atoms with Crippen LogP contribution in [0.3, 0.4) is 0 Å². The smallest absolute Gasteiger partial charge is 0.277 e. The van der Waals surface area contributed by atoms with Gasteiger partial charge >= 0.3 is 0 Å². The zero-order chi connectivity index (χ0) is 17.4. The van der Waals surface area contributed by atoms with E-state index in [2.05, 4.69) is 20.4 Å². The number of rotatable bonds is 3. The maximum absolute atomic E-state index is 12.4. The van der Waals surface area contributed by atoms with Gasteiger partial charge in [0.15, 0.2) is 11.5 Å². The Kier molecular flexibility index (Phi) is 3.74.